The number of oxime groups is 1. The van der Waals surface area contributed by atoms with E-state index in [9.17, 15) is 4.79 Å². The summed E-state index contributed by atoms with van der Waals surface area (Å²) >= 11 is 5.87. The zero-order valence-electron chi connectivity index (χ0n) is 11.7. The molecule has 0 saturated carbocycles. The number of nitrogens with zero attached hydrogens (tertiary/aromatic N) is 3. The van der Waals surface area contributed by atoms with Gasteiger partial charge in [0.2, 0.25) is 5.71 Å². The van der Waals surface area contributed by atoms with E-state index in [1.54, 1.807) is 24.2 Å². The van der Waals surface area contributed by atoms with Crippen molar-refractivity contribution in [3.8, 4) is 0 Å². The third-order valence-electron chi connectivity index (χ3n) is 3.14. The van der Waals surface area contributed by atoms with E-state index in [-0.39, 0.29) is 5.71 Å². The Kier molecular flexibility index (Phi) is 3.89. The van der Waals surface area contributed by atoms with Crippen molar-refractivity contribution in [2.75, 3.05) is 12.1 Å². The van der Waals surface area contributed by atoms with Crippen molar-refractivity contribution in [3.05, 3.63) is 65.2 Å². The van der Waals surface area contributed by atoms with E-state index in [0.29, 0.717) is 10.7 Å². The van der Waals surface area contributed by atoms with Crippen molar-refractivity contribution in [2.24, 2.45) is 10.3 Å². The van der Waals surface area contributed by atoms with Gasteiger partial charge in [0.1, 0.15) is 5.71 Å². The molecular formula is C16H12ClN3O2. The molecule has 22 heavy (non-hydrogen) atoms. The molecular weight excluding hydrogens is 302 g/mol. The summed E-state index contributed by atoms with van der Waals surface area (Å²) in [6.45, 7) is 0. The van der Waals surface area contributed by atoms with Crippen LogP contribution in [0.25, 0.3) is 0 Å². The fourth-order valence-electron chi connectivity index (χ4n) is 2.01. The zero-order chi connectivity index (χ0) is 15.5. The second kappa shape index (κ2) is 5.99. The third-order valence-corrected chi connectivity index (χ3v) is 3.39. The predicted molar refractivity (Wildman–Crippen MR) is 86.4 cm³/mol. The fraction of sp³-hybridized carbons (Fsp3) is 0.0625. The molecule has 0 amide bonds. The topological polar surface area (TPSA) is 54.3 Å². The van der Waals surface area contributed by atoms with E-state index >= 15 is 0 Å². The summed E-state index contributed by atoms with van der Waals surface area (Å²) in [7, 11) is 1.74. The summed E-state index contributed by atoms with van der Waals surface area (Å²) in [5.41, 5.74) is 2.16. The predicted octanol–water partition coefficient (Wildman–Crippen LogP) is 3.09. The molecule has 5 nitrogen and oxygen atoms in total. The van der Waals surface area contributed by atoms with Gasteiger partial charge in [-0.15, -0.1) is 0 Å². The number of hydrazone groups is 1. The molecule has 0 radical (unpaired) electrons. The van der Waals surface area contributed by atoms with Gasteiger partial charge in [0.15, 0.2) is 0 Å². The molecule has 1 aliphatic heterocycles. The Bertz CT molecular complexity index is 755. The van der Waals surface area contributed by atoms with Crippen LogP contribution < -0.4 is 5.01 Å². The molecule has 0 spiro atoms. The standard InChI is InChI=1S/C16H12ClN3O2/c1-20(13-9-7-12(17)8-10-13)18-15-14(19-22-16(15)21)11-5-3-2-4-6-11/h2-10H,1H3/b18-15+. The number of carbonyl (C=O) groups excluding carboxylic acids is 1. The van der Waals surface area contributed by atoms with Crippen molar-refractivity contribution in [2.45, 2.75) is 0 Å². The van der Waals surface area contributed by atoms with Crippen LogP contribution in [0, 0.1) is 0 Å². The highest BCUT2D eigenvalue weighted by molar-refractivity contribution is 6.70. The fourth-order valence-corrected chi connectivity index (χ4v) is 2.13. The lowest BCUT2D eigenvalue weighted by Crippen LogP contribution is -2.24. The molecule has 2 aromatic carbocycles. The Balaban J connectivity index is 1.92. The first-order valence-corrected chi connectivity index (χ1v) is 6.96. The number of rotatable bonds is 3. The molecule has 0 bridgehead atoms. The highest BCUT2D eigenvalue weighted by atomic mass is 35.5. The van der Waals surface area contributed by atoms with Gasteiger partial charge < -0.3 is 4.84 Å². The molecule has 0 unspecified atom stereocenters. The van der Waals surface area contributed by atoms with Gasteiger partial charge in [-0.2, -0.15) is 5.10 Å². The first kappa shape index (κ1) is 14.3. The van der Waals surface area contributed by atoms with E-state index in [0.717, 1.165) is 11.3 Å². The molecule has 3 rings (SSSR count). The molecule has 0 N–H and O–H groups in total. The maximum atomic E-state index is 11.9. The lowest BCUT2D eigenvalue weighted by atomic mass is 10.1. The van der Waals surface area contributed by atoms with E-state index in [1.807, 2.05) is 42.5 Å². The van der Waals surface area contributed by atoms with E-state index in [1.165, 1.54) is 0 Å². The Labute approximate surface area is 132 Å². The van der Waals surface area contributed by atoms with Gasteiger partial charge in [-0.25, -0.2) is 4.79 Å². The van der Waals surface area contributed by atoms with Gasteiger partial charge in [-0.05, 0) is 24.3 Å². The smallest absolute Gasteiger partial charge is 0.310 e. The normalized spacial score (nSPS) is 15.6. The van der Waals surface area contributed by atoms with E-state index in [4.69, 9.17) is 16.4 Å². The minimum Gasteiger partial charge on any atom is -0.310 e. The number of hydrogen-bond donors (Lipinski definition) is 0. The van der Waals surface area contributed by atoms with Gasteiger partial charge >= 0.3 is 5.97 Å². The number of hydrogen-bond acceptors (Lipinski definition) is 5. The summed E-state index contributed by atoms with van der Waals surface area (Å²) in [4.78, 5) is 16.6. The highest BCUT2D eigenvalue weighted by Crippen LogP contribution is 2.18. The SMILES string of the molecule is CN(/N=C1/C(=O)ON=C1c1ccccc1)c1ccc(Cl)cc1. The van der Waals surface area contributed by atoms with Crippen molar-refractivity contribution >= 4 is 34.7 Å². The van der Waals surface area contributed by atoms with Crippen LogP contribution in [-0.2, 0) is 9.63 Å². The molecule has 0 aromatic heterocycles. The zero-order valence-corrected chi connectivity index (χ0v) is 12.5. The quantitative estimate of drug-likeness (QED) is 0.646. The summed E-state index contributed by atoms with van der Waals surface area (Å²) in [6.07, 6.45) is 0. The summed E-state index contributed by atoms with van der Waals surface area (Å²) in [6, 6.07) is 16.4. The van der Waals surface area contributed by atoms with Gasteiger partial charge in [0.05, 0.1) is 5.69 Å². The Morgan fingerprint density at radius 1 is 1.09 bits per heavy atom. The van der Waals surface area contributed by atoms with Gasteiger partial charge in [-0.1, -0.05) is 47.1 Å². The lowest BCUT2D eigenvalue weighted by molar-refractivity contribution is -0.134. The largest absolute Gasteiger partial charge is 0.388 e. The molecule has 0 fully saturated rings. The Hall–Kier alpha value is -2.66. The van der Waals surface area contributed by atoms with Gasteiger partial charge in [0.25, 0.3) is 0 Å². The number of benzene rings is 2. The van der Waals surface area contributed by atoms with Crippen LogP contribution in [0.1, 0.15) is 5.56 Å². The van der Waals surface area contributed by atoms with Crippen LogP contribution in [0.4, 0.5) is 5.69 Å². The molecule has 0 aliphatic carbocycles. The van der Waals surface area contributed by atoms with Crippen LogP contribution in [0.5, 0.6) is 0 Å². The van der Waals surface area contributed by atoms with Crippen molar-refractivity contribution in [1.29, 1.82) is 0 Å². The summed E-state index contributed by atoms with van der Waals surface area (Å²) in [5, 5.41) is 10.3. The van der Waals surface area contributed by atoms with Crippen LogP contribution in [0.2, 0.25) is 5.02 Å². The van der Waals surface area contributed by atoms with Crippen molar-refractivity contribution < 1.29 is 9.63 Å². The van der Waals surface area contributed by atoms with Crippen molar-refractivity contribution in [1.82, 2.24) is 0 Å². The number of anilines is 1. The molecule has 0 atom stereocenters. The average molecular weight is 314 g/mol. The van der Waals surface area contributed by atoms with E-state index in [2.05, 4.69) is 10.3 Å². The van der Waals surface area contributed by atoms with Crippen LogP contribution in [-0.4, -0.2) is 24.4 Å². The van der Waals surface area contributed by atoms with Gasteiger partial charge in [0, 0.05) is 17.6 Å². The number of carbonyl (C=O) groups is 1. The van der Waals surface area contributed by atoms with Crippen LogP contribution in [0.15, 0.2) is 64.9 Å². The molecule has 1 aliphatic rings. The summed E-state index contributed by atoms with van der Waals surface area (Å²) < 4.78 is 0. The monoisotopic (exact) mass is 313 g/mol. The minimum atomic E-state index is -0.570. The maximum Gasteiger partial charge on any atom is 0.388 e. The van der Waals surface area contributed by atoms with Gasteiger partial charge in [-0.3, -0.25) is 5.01 Å². The Morgan fingerprint density at radius 2 is 1.77 bits per heavy atom. The first-order chi connectivity index (χ1) is 10.6. The Morgan fingerprint density at radius 3 is 2.45 bits per heavy atom. The second-order valence-electron chi connectivity index (χ2n) is 4.63. The summed E-state index contributed by atoms with van der Waals surface area (Å²) in [5.74, 6) is -0.570. The van der Waals surface area contributed by atoms with Crippen LogP contribution in [0.3, 0.4) is 0 Å². The molecule has 0 saturated heterocycles. The first-order valence-electron chi connectivity index (χ1n) is 6.58. The number of halogens is 1. The second-order valence-corrected chi connectivity index (χ2v) is 5.07. The van der Waals surface area contributed by atoms with E-state index < -0.39 is 5.97 Å². The highest BCUT2D eigenvalue weighted by Gasteiger charge is 2.29. The lowest BCUT2D eigenvalue weighted by Gasteiger charge is -2.13. The molecule has 1 heterocycles. The maximum absolute atomic E-state index is 11.9. The molecule has 2 aromatic rings. The minimum absolute atomic E-state index is 0.170. The molecule has 6 heteroatoms. The third kappa shape index (κ3) is 2.84. The average Bonchev–Trinajstić information content (AvgIpc) is 2.90. The van der Waals surface area contributed by atoms with Crippen molar-refractivity contribution in [3.63, 3.8) is 0 Å². The molecule has 110 valence electrons. The van der Waals surface area contributed by atoms with Crippen LogP contribution >= 0.6 is 11.6 Å².